The van der Waals surface area contributed by atoms with E-state index in [2.05, 4.69) is 39.6 Å². The Labute approximate surface area is 183 Å². The molecule has 0 aliphatic rings. The normalized spacial score (nSPS) is 10.6. The van der Waals surface area contributed by atoms with E-state index in [9.17, 15) is 9.59 Å². The number of aryl methyl sites for hydroxylation is 1. The van der Waals surface area contributed by atoms with Crippen molar-refractivity contribution in [2.24, 2.45) is 0 Å². The van der Waals surface area contributed by atoms with Gasteiger partial charge in [-0.15, -0.1) is 0 Å². The van der Waals surface area contributed by atoms with Gasteiger partial charge in [-0.2, -0.15) is 15.0 Å². The number of benzene rings is 1. The van der Waals surface area contributed by atoms with Crippen LogP contribution < -0.4 is 10.9 Å². The van der Waals surface area contributed by atoms with E-state index >= 15 is 0 Å². The fourth-order valence-electron chi connectivity index (χ4n) is 3.26. The molecule has 0 fully saturated rings. The van der Waals surface area contributed by atoms with Crippen LogP contribution in [0.25, 0.3) is 11.5 Å². The summed E-state index contributed by atoms with van der Waals surface area (Å²) < 4.78 is 2.56. The van der Waals surface area contributed by atoms with Crippen LogP contribution in [0.1, 0.15) is 40.4 Å². The third-order valence-electron chi connectivity index (χ3n) is 4.96. The molecule has 0 aliphatic heterocycles. The fraction of sp³-hybridized carbons (Fsp3) is 0.174. The van der Waals surface area contributed by atoms with E-state index < -0.39 is 0 Å². The summed E-state index contributed by atoms with van der Waals surface area (Å²) in [6, 6.07) is 13.3. The number of amides is 1. The van der Waals surface area contributed by atoms with Gasteiger partial charge in [-0.25, -0.2) is 9.67 Å². The maximum absolute atomic E-state index is 12.7. The molecule has 0 saturated carbocycles. The Kier molecular flexibility index (Phi) is 5.94. The van der Waals surface area contributed by atoms with Crippen LogP contribution in [0.15, 0.2) is 66.0 Å². The topological polar surface area (TPSA) is 121 Å². The number of nitrogens with zero attached hydrogens (tertiary/aromatic N) is 5. The van der Waals surface area contributed by atoms with Gasteiger partial charge in [-0.1, -0.05) is 37.6 Å². The zero-order valence-electron chi connectivity index (χ0n) is 17.4. The van der Waals surface area contributed by atoms with Crippen molar-refractivity contribution in [3.8, 4) is 17.6 Å². The third-order valence-corrected chi connectivity index (χ3v) is 4.96. The van der Waals surface area contributed by atoms with Crippen LogP contribution in [-0.2, 0) is 13.0 Å². The molecule has 160 valence electrons. The van der Waals surface area contributed by atoms with Gasteiger partial charge >= 0.3 is 0 Å². The van der Waals surface area contributed by atoms with E-state index in [1.807, 2.05) is 18.2 Å². The molecule has 4 rings (SSSR count). The van der Waals surface area contributed by atoms with Gasteiger partial charge in [0.15, 0.2) is 5.82 Å². The van der Waals surface area contributed by atoms with Crippen LogP contribution in [0.4, 0.5) is 0 Å². The van der Waals surface area contributed by atoms with E-state index in [4.69, 9.17) is 5.26 Å². The first-order chi connectivity index (χ1) is 15.6. The lowest BCUT2D eigenvalue weighted by Crippen LogP contribution is -2.23. The van der Waals surface area contributed by atoms with Gasteiger partial charge in [0, 0.05) is 18.9 Å². The standard InChI is InChI=1S/C23H21N7O2/c1-2-3-16-4-6-17(7-5-16)11-26-22(31)19-8-9-21(25-13-19)30-23(32)20(14-28-30)29-15-18(10-24)12-27-29/h4-9,12-15,28H,2-3,11H2,1H3,(H,26,31). The molecule has 4 aromatic rings. The second-order valence-electron chi connectivity index (χ2n) is 7.24. The second-order valence-corrected chi connectivity index (χ2v) is 7.24. The highest BCUT2D eigenvalue weighted by molar-refractivity contribution is 5.93. The smallest absolute Gasteiger partial charge is 0.298 e. The number of H-pyrrole nitrogens is 1. The van der Waals surface area contributed by atoms with Gasteiger partial charge < -0.3 is 5.32 Å². The zero-order chi connectivity index (χ0) is 22.5. The number of hydrogen-bond acceptors (Lipinski definition) is 5. The molecule has 1 amide bonds. The van der Waals surface area contributed by atoms with Crippen molar-refractivity contribution in [1.29, 1.82) is 5.26 Å². The van der Waals surface area contributed by atoms with Crippen LogP contribution in [0.5, 0.6) is 0 Å². The van der Waals surface area contributed by atoms with Crippen molar-refractivity contribution in [3.05, 3.63) is 93.8 Å². The Hall–Kier alpha value is -4.45. The van der Waals surface area contributed by atoms with Crippen LogP contribution >= 0.6 is 0 Å². The average molecular weight is 427 g/mol. The first-order valence-electron chi connectivity index (χ1n) is 10.2. The van der Waals surface area contributed by atoms with E-state index in [-0.39, 0.29) is 17.2 Å². The highest BCUT2D eigenvalue weighted by Crippen LogP contribution is 2.09. The number of aromatic nitrogens is 5. The minimum Gasteiger partial charge on any atom is -0.348 e. The van der Waals surface area contributed by atoms with Gasteiger partial charge in [0.1, 0.15) is 11.8 Å². The number of carbonyl (C=O) groups excluding carboxylic acids is 1. The molecule has 1 aromatic carbocycles. The zero-order valence-corrected chi connectivity index (χ0v) is 17.4. The molecule has 3 heterocycles. The molecule has 0 aliphatic carbocycles. The first-order valence-corrected chi connectivity index (χ1v) is 10.2. The summed E-state index contributed by atoms with van der Waals surface area (Å²) in [6.07, 6.45) is 7.88. The Morgan fingerprint density at radius 1 is 1.16 bits per heavy atom. The van der Waals surface area contributed by atoms with Crippen LogP contribution in [0.3, 0.4) is 0 Å². The second kappa shape index (κ2) is 9.14. The minimum absolute atomic E-state index is 0.248. The first kappa shape index (κ1) is 20.8. The monoisotopic (exact) mass is 427 g/mol. The third kappa shape index (κ3) is 4.34. The van der Waals surface area contributed by atoms with Crippen molar-refractivity contribution in [3.63, 3.8) is 0 Å². The summed E-state index contributed by atoms with van der Waals surface area (Å²) in [5.74, 6) is 0.0822. The van der Waals surface area contributed by atoms with Gasteiger partial charge in [0.2, 0.25) is 0 Å². The molecule has 0 atom stereocenters. The molecule has 0 saturated heterocycles. The maximum atomic E-state index is 12.7. The van der Waals surface area contributed by atoms with E-state index in [1.165, 1.54) is 39.7 Å². The lowest BCUT2D eigenvalue weighted by Gasteiger charge is -2.07. The predicted octanol–water partition coefficient (Wildman–Crippen LogP) is 2.50. The number of nitrogens with one attached hydrogen (secondary N) is 2. The Bertz CT molecular complexity index is 1320. The number of rotatable bonds is 7. The lowest BCUT2D eigenvalue weighted by atomic mass is 10.1. The van der Waals surface area contributed by atoms with Crippen LogP contribution in [0.2, 0.25) is 0 Å². The van der Waals surface area contributed by atoms with Crippen molar-refractivity contribution >= 4 is 5.91 Å². The molecular weight excluding hydrogens is 406 g/mol. The van der Waals surface area contributed by atoms with Gasteiger partial charge in [-0.3, -0.25) is 14.7 Å². The Morgan fingerprint density at radius 2 is 1.94 bits per heavy atom. The Balaban J connectivity index is 1.43. The summed E-state index contributed by atoms with van der Waals surface area (Å²) in [5, 5.41) is 18.6. The molecular formula is C23H21N7O2. The fourth-order valence-corrected chi connectivity index (χ4v) is 3.26. The quantitative estimate of drug-likeness (QED) is 0.469. The number of carbonyl (C=O) groups is 1. The highest BCUT2D eigenvalue weighted by Gasteiger charge is 2.13. The number of hydrogen-bond donors (Lipinski definition) is 2. The molecule has 3 aromatic heterocycles. The van der Waals surface area contributed by atoms with Crippen molar-refractivity contribution in [2.45, 2.75) is 26.3 Å². The van der Waals surface area contributed by atoms with Crippen LogP contribution in [-0.4, -0.2) is 30.5 Å². The summed E-state index contributed by atoms with van der Waals surface area (Å²) in [7, 11) is 0. The summed E-state index contributed by atoms with van der Waals surface area (Å²) in [4.78, 5) is 29.4. The number of nitriles is 1. The molecule has 0 spiro atoms. The average Bonchev–Trinajstić information content (AvgIpc) is 3.45. The lowest BCUT2D eigenvalue weighted by molar-refractivity contribution is 0.0950. The van der Waals surface area contributed by atoms with E-state index in [0.717, 1.165) is 18.4 Å². The van der Waals surface area contributed by atoms with Gasteiger partial charge in [0.25, 0.3) is 11.5 Å². The largest absolute Gasteiger partial charge is 0.348 e. The SMILES string of the molecule is CCCc1ccc(CNC(=O)c2ccc(-n3[nH]cc(-n4cc(C#N)cn4)c3=O)nc2)cc1. The summed E-state index contributed by atoms with van der Waals surface area (Å²) >= 11 is 0. The van der Waals surface area contributed by atoms with Crippen molar-refractivity contribution in [2.75, 3.05) is 0 Å². The van der Waals surface area contributed by atoms with Gasteiger partial charge in [0.05, 0.1) is 23.5 Å². The minimum atomic E-state index is -0.381. The molecule has 0 radical (unpaired) electrons. The molecule has 0 bridgehead atoms. The van der Waals surface area contributed by atoms with Crippen molar-refractivity contribution < 1.29 is 4.79 Å². The summed E-state index contributed by atoms with van der Waals surface area (Å²) in [6.45, 7) is 2.56. The molecule has 0 unspecified atom stereocenters. The number of aromatic amines is 1. The van der Waals surface area contributed by atoms with Crippen molar-refractivity contribution in [1.82, 2.24) is 29.9 Å². The van der Waals surface area contributed by atoms with Crippen LogP contribution in [0, 0.1) is 11.3 Å². The summed E-state index contributed by atoms with van der Waals surface area (Å²) in [5.41, 5.74) is 2.91. The maximum Gasteiger partial charge on any atom is 0.298 e. The molecule has 9 heteroatoms. The molecule has 2 N–H and O–H groups in total. The van der Waals surface area contributed by atoms with E-state index in [0.29, 0.717) is 23.5 Å². The van der Waals surface area contributed by atoms with E-state index in [1.54, 1.807) is 12.1 Å². The highest BCUT2D eigenvalue weighted by atomic mass is 16.1. The molecule has 9 nitrogen and oxygen atoms in total. The number of pyridine rings is 1. The van der Waals surface area contributed by atoms with Gasteiger partial charge in [-0.05, 0) is 29.7 Å². The Morgan fingerprint density at radius 3 is 2.59 bits per heavy atom. The predicted molar refractivity (Wildman–Crippen MR) is 118 cm³/mol. The molecule has 32 heavy (non-hydrogen) atoms.